The SMILES string of the molecule is COC(=O)c1sc(NC(=O)c2cc3ccccc3s2)nc1C. The lowest BCUT2D eigenvalue weighted by atomic mass is 10.2. The number of anilines is 1. The van der Waals surface area contributed by atoms with Gasteiger partial charge in [0.1, 0.15) is 4.88 Å². The summed E-state index contributed by atoms with van der Waals surface area (Å²) in [7, 11) is 1.32. The highest BCUT2D eigenvalue weighted by Gasteiger charge is 2.18. The Morgan fingerprint density at radius 3 is 2.73 bits per heavy atom. The van der Waals surface area contributed by atoms with Crippen LogP contribution in [-0.4, -0.2) is 24.0 Å². The summed E-state index contributed by atoms with van der Waals surface area (Å²) in [5, 5.41) is 4.15. The third-order valence-electron chi connectivity index (χ3n) is 3.04. The summed E-state index contributed by atoms with van der Waals surface area (Å²) >= 11 is 2.53. The molecule has 0 saturated carbocycles. The number of carbonyl (C=O) groups excluding carboxylic acids is 2. The molecule has 3 rings (SSSR count). The molecule has 7 heteroatoms. The van der Waals surface area contributed by atoms with Crippen LogP contribution >= 0.6 is 22.7 Å². The Labute approximate surface area is 134 Å². The molecule has 0 spiro atoms. The van der Waals surface area contributed by atoms with Crippen LogP contribution in [0, 0.1) is 6.92 Å². The average molecular weight is 332 g/mol. The van der Waals surface area contributed by atoms with Gasteiger partial charge in [0, 0.05) is 4.70 Å². The summed E-state index contributed by atoms with van der Waals surface area (Å²) in [4.78, 5) is 29.0. The molecular formula is C15H12N2O3S2. The Balaban J connectivity index is 1.83. The Hall–Kier alpha value is -2.25. The molecule has 1 aromatic carbocycles. The Kier molecular flexibility index (Phi) is 3.91. The van der Waals surface area contributed by atoms with Crippen LogP contribution in [0.2, 0.25) is 0 Å². The molecular weight excluding hydrogens is 320 g/mol. The molecule has 1 N–H and O–H groups in total. The fourth-order valence-electron chi connectivity index (χ4n) is 1.98. The van der Waals surface area contributed by atoms with E-state index < -0.39 is 5.97 Å². The van der Waals surface area contributed by atoms with E-state index in [-0.39, 0.29) is 5.91 Å². The minimum Gasteiger partial charge on any atom is -0.465 e. The van der Waals surface area contributed by atoms with Gasteiger partial charge < -0.3 is 4.74 Å². The molecule has 0 radical (unpaired) electrons. The standard InChI is InChI=1S/C15H12N2O3S2/c1-8-12(14(19)20-2)22-15(16-8)17-13(18)11-7-9-5-3-4-6-10(9)21-11/h3-7H,1-2H3,(H,16,17,18). The molecule has 2 heterocycles. The summed E-state index contributed by atoms with van der Waals surface area (Å²) < 4.78 is 5.73. The fraction of sp³-hybridized carbons (Fsp3) is 0.133. The van der Waals surface area contributed by atoms with Crippen LogP contribution in [-0.2, 0) is 4.74 Å². The lowest BCUT2D eigenvalue weighted by molar-refractivity contribution is 0.0605. The van der Waals surface area contributed by atoms with Gasteiger partial charge in [-0.05, 0) is 24.4 Å². The van der Waals surface area contributed by atoms with Crippen molar-refractivity contribution in [2.45, 2.75) is 6.92 Å². The largest absolute Gasteiger partial charge is 0.465 e. The number of aromatic nitrogens is 1. The summed E-state index contributed by atoms with van der Waals surface area (Å²) in [6, 6.07) is 9.65. The Bertz CT molecular complexity index is 834. The molecule has 0 fully saturated rings. The first-order valence-corrected chi connectivity index (χ1v) is 8.07. The molecule has 0 aliphatic rings. The van der Waals surface area contributed by atoms with E-state index >= 15 is 0 Å². The molecule has 3 aromatic rings. The summed E-state index contributed by atoms with van der Waals surface area (Å²) in [5.41, 5.74) is 0.545. The third kappa shape index (κ3) is 2.72. The molecule has 0 saturated heterocycles. The average Bonchev–Trinajstić information content (AvgIpc) is 3.09. The molecule has 22 heavy (non-hydrogen) atoms. The van der Waals surface area contributed by atoms with Crippen LogP contribution in [0.5, 0.6) is 0 Å². The number of methoxy groups -OCH3 is 1. The van der Waals surface area contributed by atoms with E-state index in [2.05, 4.69) is 15.0 Å². The summed E-state index contributed by atoms with van der Waals surface area (Å²) in [5.74, 6) is -0.677. The van der Waals surface area contributed by atoms with Gasteiger partial charge in [0.05, 0.1) is 17.7 Å². The van der Waals surface area contributed by atoms with Crippen LogP contribution in [0.15, 0.2) is 30.3 Å². The molecule has 0 aliphatic carbocycles. The second-order valence-electron chi connectivity index (χ2n) is 4.53. The topological polar surface area (TPSA) is 68.3 Å². The highest BCUT2D eigenvalue weighted by atomic mass is 32.1. The van der Waals surface area contributed by atoms with Crippen LogP contribution < -0.4 is 5.32 Å². The number of hydrogen-bond donors (Lipinski definition) is 1. The maximum Gasteiger partial charge on any atom is 0.350 e. The lowest BCUT2D eigenvalue weighted by Crippen LogP contribution is -2.09. The highest BCUT2D eigenvalue weighted by Crippen LogP contribution is 2.28. The van der Waals surface area contributed by atoms with Crippen molar-refractivity contribution in [2.75, 3.05) is 12.4 Å². The van der Waals surface area contributed by atoms with Gasteiger partial charge in [-0.15, -0.1) is 11.3 Å². The van der Waals surface area contributed by atoms with Crippen molar-refractivity contribution in [3.63, 3.8) is 0 Å². The molecule has 0 bridgehead atoms. The van der Waals surface area contributed by atoms with E-state index in [0.29, 0.717) is 20.6 Å². The number of nitrogens with zero attached hydrogens (tertiary/aromatic N) is 1. The number of aryl methyl sites for hydroxylation is 1. The Morgan fingerprint density at radius 2 is 2.00 bits per heavy atom. The second-order valence-corrected chi connectivity index (χ2v) is 6.61. The minimum atomic E-state index is -0.447. The van der Waals surface area contributed by atoms with Crippen LogP contribution in [0.25, 0.3) is 10.1 Å². The first-order valence-electron chi connectivity index (χ1n) is 6.44. The van der Waals surface area contributed by atoms with Crippen LogP contribution in [0.3, 0.4) is 0 Å². The summed E-state index contributed by atoms with van der Waals surface area (Å²) in [6.07, 6.45) is 0. The van der Waals surface area contributed by atoms with Crippen LogP contribution in [0.4, 0.5) is 5.13 Å². The molecule has 0 atom stereocenters. The van der Waals surface area contributed by atoms with Gasteiger partial charge in [-0.1, -0.05) is 29.5 Å². The Morgan fingerprint density at radius 1 is 1.23 bits per heavy atom. The zero-order valence-corrected chi connectivity index (χ0v) is 13.5. The maximum atomic E-state index is 12.3. The van der Waals surface area contributed by atoms with E-state index in [0.717, 1.165) is 21.4 Å². The van der Waals surface area contributed by atoms with Crippen molar-refractivity contribution in [1.82, 2.24) is 4.98 Å². The molecule has 112 valence electrons. The van der Waals surface area contributed by atoms with E-state index in [1.54, 1.807) is 6.92 Å². The summed E-state index contributed by atoms with van der Waals surface area (Å²) in [6.45, 7) is 1.71. The van der Waals surface area contributed by atoms with Crippen molar-refractivity contribution in [2.24, 2.45) is 0 Å². The van der Waals surface area contributed by atoms with Gasteiger partial charge in [-0.2, -0.15) is 0 Å². The number of thiophene rings is 1. The predicted octanol–water partition coefficient (Wildman–Crippen LogP) is 3.71. The monoisotopic (exact) mass is 332 g/mol. The van der Waals surface area contributed by atoms with Crippen molar-refractivity contribution >= 4 is 49.8 Å². The van der Waals surface area contributed by atoms with Crippen LogP contribution in [0.1, 0.15) is 25.0 Å². The fourth-order valence-corrected chi connectivity index (χ4v) is 3.82. The molecule has 5 nitrogen and oxygen atoms in total. The van der Waals surface area contributed by atoms with E-state index in [9.17, 15) is 9.59 Å². The van der Waals surface area contributed by atoms with E-state index in [1.165, 1.54) is 18.4 Å². The maximum absolute atomic E-state index is 12.3. The number of benzene rings is 1. The number of ether oxygens (including phenoxy) is 1. The van der Waals surface area contributed by atoms with E-state index in [4.69, 9.17) is 0 Å². The first kappa shape index (κ1) is 14.7. The number of hydrogen-bond acceptors (Lipinski definition) is 6. The van der Waals surface area contributed by atoms with Crippen molar-refractivity contribution in [3.8, 4) is 0 Å². The zero-order chi connectivity index (χ0) is 15.7. The van der Waals surface area contributed by atoms with Gasteiger partial charge in [0.2, 0.25) is 0 Å². The first-order chi connectivity index (χ1) is 10.6. The number of carbonyl (C=O) groups is 2. The van der Waals surface area contributed by atoms with Gasteiger partial charge >= 0.3 is 5.97 Å². The lowest BCUT2D eigenvalue weighted by Gasteiger charge is -1.97. The highest BCUT2D eigenvalue weighted by molar-refractivity contribution is 7.21. The molecule has 0 aliphatic heterocycles. The van der Waals surface area contributed by atoms with Gasteiger partial charge in [-0.3, -0.25) is 10.1 Å². The number of fused-ring (bicyclic) bond motifs is 1. The third-order valence-corrected chi connectivity index (χ3v) is 5.20. The van der Waals surface area contributed by atoms with Gasteiger partial charge in [-0.25, -0.2) is 9.78 Å². The molecule has 1 amide bonds. The minimum absolute atomic E-state index is 0.230. The van der Waals surface area contributed by atoms with Crippen molar-refractivity contribution in [3.05, 3.63) is 45.8 Å². The smallest absolute Gasteiger partial charge is 0.350 e. The number of esters is 1. The predicted molar refractivity (Wildman–Crippen MR) is 88.0 cm³/mol. The normalized spacial score (nSPS) is 10.6. The second kappa shape index (κ2) is 5.86. The molecule has 2 aromatic heterocycles. The zero-order valence-electron chi connectivity index (χ0n) is 11.9. The number of nitrogens with one attached hydrogen (secondary N) is 1. The van der Waals surface area contributed by atoms with E-state index in [1.807, 2.05) is 30.3 Å². The number of amides is 1. The molecule has 0 unspecified atom stereocenters. The van der Waals surface area contributed by atoms with Gasteiger partial charge in [0.15, 0.2) is 5.13 Å². The van der Waals surface area contributed by atoms with Crippen molar-refractivity contribution < 1.29 is 14.3 Å². The van der Waals surface area contributed by atoms with Crippen molar-refractivity contribution in [1.29, 1.82) is 0 Å². The number of thiazole rings is 1. The van der Waals surface area contributed by atoms with Gasteiger partial charge in [0.25, 0.3) is 5.91 Å². The number of rotatable bonds is 3. The quantitative estimate of drug-likeness (QED) is 0.743.